The zero-order valence-corrected chi connectivity index (χ0v) is 12.7. The first-order chi connectivity index (χ1) is 9.07. The Hall–Kier alpha value is -0.280. The third kappa shape index (κ3) is 3.43. The molecule has 1 saturated carbocycles. The van der Waals surface area contributed by atoms with Gasteiger partial charge in [0.1, 0.15) is 0 Å². The lowest BCUT2D eigenvalue weighted by Crippen LogP contribution is -2.46. The molecular weight excluding hydrogens is 283 g/mol. The highest BCUT2D eigenvalue weighted by Gasteiger charge is 2.39. The third-order valence-electron chi connectivity index (χ3n) is 4.13. The van der Waals surface area contributed by atoms with E-state index >= 15 is 0 Å². The number of benzene rings is 1. The van der Waals surface area contributed by atoms with E-state index in [1.807, 2.05) is 12.1 Å². The lowest BCUT2D eigenvalue weighted by Gasteiger charge is -2.40. The molecule has 0 spiro atoms. The Morgan fingerprint density at radius 1 is 1.21 bits per heavy atom. The van der Waals surface area contributed by atoms with Gasteiger partial charge in [-0.15, -0.1) is 0 Å². The van der Waals surface area contributed by atoms with Gasteiger partial charge in [-0.3, -0.25) is 0 Å². The molecule has 1 atom stereocenters. The lowest BCUT2D eigenvalue weighted by molar-refractivity contribution is -0.122. The fraction of sp³-hybridized carbons (Fsp3) is 0.600. The summed E-state index contributed by atoms with van der Waals surface area (Å²) in [5, 5.41) is 11.6. The molecule has 1 N–H and O–H groups in total. The number of aliphatic hydroxyl groups is 1. The number of rotatable bonds is 4. The SMILES string of the molecule is COC1(C(O)Cc2ccc(Cl)c(Cl)c2)CCCCC1. The van der Waals surface area contributed by atoms with Crippen LogP contribution in [0.1, 0.15) is 37.7 Å². The van der Waals surface area contributed by atoms with E-state index in [1.165, 1.54) is 6.42 Å². The molecule has 0 saturated heterocycles. The maximum absolute atomic E-state index is 10.5. The van der Waals surface area contributed by atoms with Crippen LogP contribution in [-0.2, 0) is 11.2 Å². The monoisotopic (exact) mass is 302 g/mol. The second kappa shape index (κ2) is 6.45. The number of halogens is 2. The second-order valence-electron chi connectivity index (χ2n) is 5.30. The Bertz CT molecular complexity index is 428. The first kappa shape index (κ1) is 15.1. The smallest absolute Gasteiger partial charge is 0.0939 e. The van der Waals surface area contributed by atoms with Crippen LogP contribution in [0.4, 0.5) is 0 Å². The van der Waals surface area contributed by atoms with Gasteiger partial charge in [0.15, 0.2) is 0 Å². The van der Waals surface area contributed by atoms with Crippen molar-refractivity contribution in [2.75, 3.05) is 7.11 Å². The normalized spacial score (nSPS) is 20.2. The molecule has 0 aromatic heterocycles. The number of ether oxygens (including phenoxy) is 1. The van der Waals surface area contributed by atoms with Crippen molar-refractivity contribution in [1.82, 2.24) is 0 Å². The summed E-state index contributed by atoms with van der Waals surface area (Å²) in [5.41, 5.74) is 0.591. The minimum absolute atomic E-state index is 0.398. The van der Waals surface area contributed by atoms with Crippen molar-refractivity contribution >= 4 is 23.2 Å². The molecule has 1 aliphatic carbocycles. The van der Waals surface area contributed by atoms with Crippen molar-refractivity contribution < 1.29 is 9.84 Å². The predicted octanol–water partition coefficient (Wildman–Crippen LogP) is 4.25. The van der Waals surface area contributed by atoms with E-state index in [0.717, 1.165) is 31.2 Å². The number of hydrogen-bond donors (Lipinski definition) is 1. The Morgan fingerprint density at radius 3 is 2.47 bits per heavy atom. The average molecular weight is 303 g/mol. The summed E-state index contributed by atoms with van der Waals surface area (Å²) < 4.78 is 5.66. The van der Waals surface area contributed by atoms with E-state index in [2.05, 4.69) is 0 Å². The lowest BCUT2D eigenvalue weighted by atomic mass is 9.78. The molecule has 2 nitrogen and oxygen atoms in total. The maximum atomic E-state index is 10.5. The van der Waals surface area contributed by atoms with Crippen LogP contribution in [0.25, 0.3) is 0 Å². The zero-order chi connectivity index (χ0) is 13.9. The van der Waals surface area contributed by atoms with E-state index < -0.39 is 11.7 Å². The molecule has 0 aliphatic heterocycles. The van der Waals surface area contributed by atoms with Crippen molar-refractivity contribution in [1.29, 1.82) is 0 Å². The molecule has 0 heterocycles. The standard InChI is InChI=1S/C15H20Cl2O2/c1-19-15(7-3-2-4-8-15)14(18)10-11-5-6-12(16)13(17)9-11/h5-6,9,14,18H,2-4,7-8,10H2,1H3. The van der Waals surface area contributed by atoms with Gasteiger partial charge >= 0.3 is 0 Å². The number of methoxy groups -OCH3 is 1. The second-order valence-corrected chi connectivity index (χ2v) is 6.11. The third-order valence-corrected chi connectivity index (χ3v) is 4.87. The van der Waals surface area contributed by atoms with Crippen LogP contribution in [0, 0.1) is 0 Å². The first-order valence-corrected chi connectivity index (χ1v) is 7.50. The topological polar surface area (TPSA) is 29.5 Å². The van der Waals surface area contributed by atoms with Gasteiger partial charge in [0, 0.05) is 13.5 Å². The molecule has 106 valence electrons. The largest absolute Gasteiger partial charge is 0.390 e. The molecule has 1 unspecified atom stereocenters. The van der Waals surface area contributed by atoms with Crippen molar-refractivity contribution in [3.63, 3.8) is 0 Å². The van der Waals surface area contributed by atoms with Crippen LogP contribution in [-0.4, -0.2) is 23.9 Å². The highest BCUT2D eigenvalue weighted by molar-refractivity contribution is 6.42. The molecule has 2 rings (SSSR count). The highest BCUT2D eigenvalue weighted by atomic mass is 35.5. The van der Waals surface area contributed by atoms with Crippen LogP contribution < -0.4 is 0 Å². The molecule has 0 radical (unpaired) electrons. The molecule has 1 fully saturated rings. The van der Waals surface area contributed by atoms with Gasteiger partial charge in [-0.2, -0.15) is 0 Å². The number of hydrogen-bond acceptors (Lipinski definition) is 2. The van der Waals surface area contributed by atoms with Crippen molar-refractivity contribution in [2.45, 2.75) is 50.2 Å². The summed E-state index contributed by atoms with van der Waals surface area (Å²) in [4.78, 5) is 0. The highest BCUT2D eigenvalue weighted by Crippen LogP contribution is 2.35. The Kier molecular flexibility index (Phi) is 5.13. The van der Waals surface area contributed by atoms with E-state index in [9.17, 15) is 5.11 Å². The van der Waals surface area contributed by atoms with Gasteiger partial charge in [-0.1, -0.05) is 48.5 Å². The molecule has 1 aromatic rings. The van der Waals surface area contributed by atoms with Crippen molar-refractivity contribution in [3.05, 3.63) is 33.8 Å². The van der Waals surface area contributed by atoms with E-state index in [4.69, 9.17) is 27.9 Å². The summed E-state index contributed by atoms with van der Waals surface area (Å²) in [7, 11) is 1.70. The summed E-state index contributed by atoms with van der Waals surface area (Å²) in [6.45, 7) is 0. The van der Waals surface area contributed by atoms with Gasteiger partial charge in [0.25, 0.3) is 0 Å². The molecule has 4 heteroatoms. The van der Waals surface area contributed by atoms with Crippen LogP contribution >= 0.6 is 23.2 Å². The summed E-state index contributed by atoms with van der Waals surface area (Å²) >= 11 is 11.9. The van der Waals surface area contributed by atoms with Gasteiger partial charge in [-0.05, 0) is 30.5 Å². The van der Waals surface area contributed by atoms with Crippen LogP contribution in [0.15, 0.2) is 18.2 Å². The van der Waals surface area contributed by atoms with E-state index in [0.29, 0.717) is 16.5 Å². The molecule has 1 aromatic carbocycles. The first-order valence-electron chi connectivity index (χ1n) is 6.74. The Labute approximate surface area is 124 Å². The fourth-order valence-corrected chi connectivity index (χ4v) is 3.22. The minimum Gasteiger partial charge on any atom is -0.390 e. The maximum Gasteiger partial charge on any atom is 0.0939 e. The van der Waals surface area contributed by atoms with Gasteiger partial charge in [-0.25, -0.2) is 0 Å². The van der Waals surface area contributed by atoms with Crippen molar-refractivity contribution in [3.8, 4) is 0 Å². The summed E-state index contributed by atoms with van der Waals surface area (Å²) in [6.07, 6.45) is 5.35. The summed E-state index contributed by atoms with van der Waals surface area (Å²) in [5.74, 6) is 0. The molecule has 19 heavy (non-hydrogen) atoms. The fourth-order valence-electron chi connectivity index (χ4n) is 2.90. The van der Waals surface area contributed by atoms with Gasteiger partial charge in [0.05, 0.1) is 21.8 Å². The Morgan fingerprint density at radius 2 is 1.89 bits per heavy atom. The average Bonchev–Trinajstić information content (AvgIpc) is 2.43. The quantitative estimate of drug-likeness (QED) is 0.901. The molecule has 0 amide bonds. The van der Waals surface area contributed by atoms with E-state index in [1.54, 1.807) is 13.2 Å². The molecule has 0 bridgehead atoms. The molecule has 1 aliphatic rings. The minimum atomic E-state index is -0.505. The van der Waals surface area contributed by atoms with Crippen LogP contribution in [0.5, 0.6) is 0 Å². The predicted molar refractivity (Wildman–Crippen MR) is 79.0 cm³/mol. The number of aliphatic hydroxyl groups excluding tert-OH is 1. The summed E-state index contributed by atoms with van der Waals surface area (Å²) in [6, 6.07) is 5.50. The van der Waals surface area contributed by atoms with Gasteiger partial charge in [0.2, 0.25) is 0 Å². The van der Waals surface area contributed by atoms with E-state index in [-0.39, 0.29) is 0 Å². The Balaban J connectivity index is 2.10. The zero-order valence-electron chi connectivity index (χ0n) is 11.2. The molecular formula is C15H20Cl2O2. The van der Waals surface area contributed by atoms with Crippen LogP contribution in [0.3, 0.4) is 0 Å². The van der Waals surface area contributed by atoms with Crippen molar-refractivity contribution in [2.24, 2.45) is 0 Å². The van der Waals surface area contributed by atoms with Gasteiger partial charge < -0.3 is 9.84 Å². The van der Waals surface area contributed by atoms with Crippen LogP contribution in [0.2, 0.25) is 10.0 Å².